The first-order valence-electron chi connectivity index (χ1n) is 7.62. The number of halogens is 4. The number of nitrogens with one attached hydrogen (secondary N) is 1. The van der Waals surface area contributed by atoms with Gasteiger partial charge in [0.15, 0.2) is 0 Å². The van der Waals surface area contributed by atoms with Crippen molar-refractivity contribution < 1.29 is 27.7 Å². The Morgan fingerprint density at radius 2 is 1.77 bits per heavy atom. The highest BCUT2D eigenvalue weighted by atomic mass is 35.5. The van der Waals surface area contributed by atoms with E-state index in [1.807, 2.05) is 0 Å². The highest BCUT2D eigenvalue weighted by Crippen LogP contribution is 2.20. The maximum absolute atomic E-state index is 12.0. The summed E-state index contributed by atoms with van der Waals surface area (Å²) in [5, 5.41) is 12.4. The smallest absolute Gasteiger partial charge is 0.348 e. The van der Waals surface area contributed by atoms with Crippen molar-refractivity contribution in [1.82, 2.24) is 5.32 Å². The molecule has 1 N–H and O–H groups in total. The first-order valence-corrected chi connectivity index (χ1v) is 8.16. The Morgan fingerprint density at radius 3 is 2.27 bits per heavy atom. The number of nitrogens with zero attached hydrogens (tertiary/aromatic N) is 2. The van der Waals surface area contributed by atoms with Crippen LogP contribution in [0.25, 0.3) is 0 Å². The third-order valence-electron chi connectivity index (χ3n) is 3.39. The third-order valence-corrected chi connectivity index (χ3v) is 3.62. The van der Waals surface area contributed by atoms with Gasteiger partial charge in [0.25, 0.3) is 5.69 Å². The van der Waals surface area contributed by atoms with Gasteiger partial charge in [-0.1, -0.05) is 0 Å². The number of hydrogen-bond acceptors (Lipinski definition) is 4. The Labute approximate surface area is 152 Å². The van der Waals surface area contributed by atoms with E-state index < -0.39 is 22.9 Å². The number of amides is 2. The molecule has 11 heteroatoms. The molecule has 144 valence electrons. The molecule has 1 aromatic rings. The SMILES string of the molecule is O=C(CCl)N(CCCCCNC(=O)C(F)(F)F)c1ccc([N+](=O)[O-])cc1. The van der Waals surface area contributed by atoms with Gasteiger partial charge in [0, 0.05) is 30.9 Å². The number of alkyl halides is 4. The number of hydrogen-bond donors (Lipinski definition) is 1. The molecule has 0 aliphatic carbocycles. The van der Waals surface area contributed by atoms with E-state index in [1.54, 1.807) is 5.32 Å². The van der Waals surface area contributed by atoms with Crippen LogP contribution in [0.4, 0.5) is 24.5 Å². The van der Waals surface area contributed by atoms with E-state index in [0.717, 1.165) is 0 Å². The molecule has 1 aromatic carbocycles. The Hall–Kier alpha value is -2.36. The molecule has 0 aliphatic heterocycles. The minimum Gasteiger partial charge on any atom is -0.348 e. The van der Waals surface area contributed by atoms with Gasteiger partial charge in [0.1, 0.15) is 5.88 Å². The molecular formula is C15H17ClF3N3O4. The number of carbonyl (C=O) groups excluding carboxylic acids is 2. The molecule has 0 aromatic heterocycles. The summed E-state index contributed by atoms with van der Waals surface area (Å²) in [5.74, 6) is -2.66. The number of anilines is 1. The van der Waals surface area contributed by atoms with E-state index >= 15 is 0 Å². The van der Waals surface area contributed by atoms with Crippen LogP contribution in [0.3, 0.4) is 0 Å². The molecule has 0 heterocycles. The van der Waals surface area contributed by atoms with Crippen LogP contribution in [-0.4, -0.2) is 41.9 Å². The lowest BCUT2D eigenvalue weighted by atomic mass is 10.2. The molecule has 0 unspecified atom stereocenters. The molecular weight excluding hydrogens is 379 g/mol. The first kappa shape index (κ1) is 21.7. The summed E-state index contributed by atoms with van der Waals surface area (Å²) in [6.45, 7) is 0.121. The van der Waals surface area contributed by atoms with Crippen LogP contribution >= 0.6 is 11.6 Å². The number of benzene rings is 1. The Morgan fingerprint density at radius 1 is 1.15 bits per heavy atom. The fourth-order valence-electron chi connectivity index (χ4n) is 2.10. The zero-order chi connectivity index (χ0) is 19.7. The molecule has 0 spiro atoms. The van der Waals surface area contributed by atoms with Crippen LogP contribution in [0.1, 0.15) is 19.3 Å². The lowest BCUT2D eigenvalue weighted by molar-refractivity contribution is -0.384. The number of nitro groups is 1. The Kier molecular flexibility index (Phi) is 8.30. The second-order valence-electron chi connectivity index (χ2n) is 5.27. The van der Waals surface area contributed by atoms with Crippen molar-refractivity contribution in [2.24, 2.45) is 0 Å². The maximum atomic E-state index is 12.0. The number of non-ortho nitro benzene ring substituents is 1. The number of rotatable bonds is 9. The van der Waals surface area contributed by atoms with Crippen LogP contribution in [0.5, 0.6) is 0 Å². The van der Waals surface area contributed by atoms with Gasteiger partial charge in [0.2, 0.25) is 5.91 Å². The Bertz CT molecular complexity index is 638. The monoisotopic (exact) mass is 395 g/mol. The zero-order valence-electron chi connectivity index (χ0n) is 13.6. The standard InChI is InChI=1S/C15H17ClF3N3O4/c16-10-13(23)21(11-4-6-12(7-5-11)22(25)26)9-3-1-2-8-20-14(24)15(17,18)19/h4-7H,1-3,8-10H2,(H,20,24). The third kappa shape index (κ3) is 6.87. The normalized spacial score (nSPS) is 11.1. The van der Waals surface area contributed by atoms with Crippen LogP contribution in [0.2, 0.25) is 0 Å². The predicted molar refractivity (Wildman–Crippen MR) is 89.1 cm³/mol. The number of nitro benzene ring substituents is 1. The summed E-state index contributed by atoms with van der Waals surface area (Å²) in [6, 6.07) is 5.37. The fraction of sp³-hybridized carbons (Fsp3) is 0.467. The van der Waals surface area contributed by atoms with E-state index in [-0.39, 0.29) is 24.7 Å². The molecule has 0 radical (unpaired) electrons. The van der Waals surface area contributed by atoms with Crippen LogP contribution in [0.15, 0.2) is 24.3 Å². The lowest BCUT2D eigenvalue weighted by Gasteiger charge is -2.22. The van der Waals surface area contributed by atoms with Crippen molar-refractivity contribution in [2.75, 3.05) is 23.9 Å². The molecule has 26 heavy (non-hydrogen) atoms. The maximum Gasteiger partial charge on any atom is 0.471 e. The minimum absolute atomic E-state index is 0.118. The van der Waals surface area contributed by atoms with E-state index in [1.165, 1.54) is 29.2 Å². The number of carbonyl (C=O) groups is 2. The summed E-state index contributed by atoms with van der Waals surface area (Å²) in [5.41, 5.74) is 0.319. The fourth-order valence-corrected chi connectivity index (χ4v) is 2.24. The van der Waals surface area contributed by atoms with Gasteiger partial charge < -0.3 is 10.2 Å². The quantitative estimate of drug-likeness (QED) is 0.301. The average Bonchev–Trinajstić information content (AvgIpc) is 2.59. The largest absolute Gasteiger partial charge is 0.471 e. The highest BCUT2D eigenvalue weighted by molar-refractivity contribution is 6.29. The van der Waals surface area contributed by atoms with Crippen molar-refractivity contribution >= 4 is 34.8 Å². The van der Waals surface area contributed by atoms with E-state index in [0.29, 0.717) is 24.9 Å². The molecule has 0 atom stereocenters. The minimum atomic E-state index is -4.90. The molecule has 7 nitrogen and oxygen atoms in total. The highest BCUT2D eigenvalue weighted by Gasteiger charge is 2.38. The molecule has 0 saturated carbocycles. The molecule has 1 rings (SSSR count). The molecule has 2 amide bonds. The zero-order valence-corrected chi connectivity index (χ0v) is 14.3. The van der Waals surface area contributed by atoms with Crippen molar-refractivity contribution in [3.8, 4) is 0 Å². The summed E-state index contributed by atoms with van der Waals surface area (Å²) >= 11 is 5.56. The van der Waals surface area contributed by atoms with Crippen LogP contribution in [-0.2, 0) is 9.59 Å². The first-order chi connectivity index (χ1) is 12.2. The van der Waals surface area contributed by atoms with Gasteiger partial charge >= 0.3 is 12.1 Å². The van der Waals surface area contributed by atoms with Gasteiger partial charge in [-0.25, -0.2) is 0 Å². The molecule has 0 saturated heterocycles. The summed E-state index contributed by atoms with van der Waals surface area (Å²) in [4.78, 5) is 34.0. The van der Waals surface area contributed by atoms with E-state index in [9.17, 15) is 32.9 Å². The summed E-state index contributed by atoms with van der Waals surface area (Å²) in [6.07, 6.45) is -3.66. The number of unbranched alkanes of at least 4 members (excludes halogenated alkanes) is 2. The molecule has 0 aliphatic rings. The van der Waals surface area contributed by atoms with Gasteiger partial charge in [-0.3, -0.25) is 19.7 Å². The van der Waals surface area contributed by atoms with Crippen molar-refractivity contribution in [2.45, 2.75) is 25.4 Å². The second-order valence-corrected chi connectivity index (χ2v) is 5.53. The average molecular weight is 396 g/mol. The lowest BCUT2D eigenvalue weighted by Crippen LogP contribution is -2.37. The van der Waals surface area contributed by atoms with Gasteiger partial charge in [-0.05, 0) is 31.4 Å². The van der Waals surface area contributed by atoms with Crippen molar-refractivity contribution in [1.29, 1.82) is 0 Å². The van der Waals surface area contributed by atoms with E-state index in [2.05, 4.69) is 0 Å². The molecule has 0 bridgehead atoms. The van der Waals surface area contributed by atoms with Crippen molar-refractivity contribution in [3.63, 3.8) is 0 Å². The molecule has 0 fully saturated rings. The topological polar surface area (TPSA) is 92.6 Å². The van der Waals surface area contributed by atoms with Gasteiger partial charge in [0.05, 0.1) is 4.92 Å². The van der Waals surface area contributed by atoms with E-state index in [4.69, 9.17) is 11.6 Å². The summed E-state index contributed by atoms with van der Waals surface area (Å²) in [7, 11) is 0. The predicted octanol–water partition coefficient (Wildman–Crippen LogP) is 3.02. The summed E-state index contributed by atoms with van der Waals surface area (Å²) < 4.78 is 36.0. The van der Waals surface area contributed by atoms with Crippen LogP contribution < -0.4 is 10.2 Å². The van der Waals surface area contributed by atoms with Gasteiger partial charge in [-0.15, -0.1) is 11.6 Å². The van der Waals surface area contributed by atoms with Crippen LogP contribution in [0, 0.1) is 10.1 Å². The second kappa shape index (κ2) is 9.95. The van der Waals surface area contributed by atoms with Gasteiger partial charge in [-0.2, -0.15) is 13.2 Å². The Balaban J connectivity index is 2.50. The van der Waals surface area contributed by atoms with Crippen molar-refractivity contribution in [3.05, 3.63) is 34.4 Å².